The average molecular weight is 316 g/mol. The van der Waals surface area contributed by atoms with Gasteiger partial charge in [-0.3, -0.25) is 4.72 Å². The molecule has 0 aliphatic heterocycles. The number of nitrogens with zero attached hydrogens (tertiary/aromatic N) is 1. The van der Waals surface area contributed by atoms with E-state index in [1.54, 1.807) is 6.07 Å². The van der Waals surface area contributed by atoms with Crippen LogP contribution in [0.4, 0.5) is 5.69 Å². The largest absolute Gasteiger partial charge is 0.465 e. The molecule has 0 unspecified atom stereocenters. The van der Waals surface area contributed by atoms with Crippen LogP contribution in [0.15, 0.2) is 53.4 Å². The van der Waals surface area contributed by atoms with Crippen LogP contribution in [-0.2, 0) is 14.8 Å². The lowest BCUT2D eigenvalue weighted by Gasteiger charge is -2.11. The second-order valence-electron chi connectivity index (χ2n) is 4.28. The fourth-order valence-electron chi connectivity index (χ4n) is 1.80. The van der Waals surface area contributed by atoms with E-state index in [9.17, 15) is 13.2 Å². The molecule has 1 N–H and O–H groups in total. The Labute approximate surface area is 128 Å². The quantitative estimate of drug-likeness (QED) is 0.872. The first-order valence-corrected chi connectivity index (χ1v) is 7.66. The fraction of sp³-hybridized carbons (Fsp3) is 0.0667. The topological polar surface area (TPSA) is 96.3 Å². The van der Waals surface area contributed by atoms with Crippen molar-refractivity contribution in [3.8, 4) is 6.07 Å². The molecule has 0 saturated heterocycles. The first kappa shape index (κ1) is 15.5. The van der Waals surface area contributed by atoms with E-state index >= 15 is 0 Å². The van der Waals surface area contributed by atoms with E-state index < -0.39 is 16.0 Å². The summed E-state index contributed by atoms with van der Waals surface area (Å²) in [6.45, 7) is 0. The lowest BCUT2D eigenvalue weighted by atomic mass is 10.2. The monoisotopic (exact) mass is 316 g/mol. The van der Waals surface area contributed by atoms with E-state index in [4.69, 9.17) is 5.26 Å². The number of nitrogens with one attached hydrogen (secondary N) is 1. The van der Waals surface area contributed by atoms with Crippen molar-refractivity contribution in [2.45, 2.75) is 4.90 Å². The maximum atomic E-state index is 12.4. The highest BCUT2D eigenvalue weighted by atomic mass is 32.2. The maximum Gasteiger partial charge on any atom is 0.339 e. The van der Waals surface area contributed by atoms with E-state index in [0.717, 1.165) is 0 Å². The van der Waals surface area contributed by atoms with Crippen molar-refractivity contribution < 1.29 is 17.9 Å². The number of hydrogen-bond donors (Lipinski definition) is 1. The van der Waals surface area contributed by atoms with Crippen molar-refractivity contribution in [3.05, 3.63) is 59.7 Å². The Morgan fingerprint density at radius 2 is 1.77 bits per heavy atom. The SMILES string of the molecule is COC(=O)c1ccccc1S(=O)(=O)Nc1ccc(C#N)cc1. The van der Waals surface area contributed by atoms with E-state index in [0.29, 0.717) is 11.3 Å². The van der Waals surface area contributed by atoms with Gasteiger partial charge in [0, 0.05) is 5.69 Å². The van der Waals surface area contributed by atoms with Gasteiger partial charge in [0.2, 0.25) is 0 Å². The summed E-state index contributed by atoms with van der Waals surface area (Å²) in [6.07, 6.45) is 0. The summed E-state index contributed by atoms with van der Waals surface area (Å²) in [5.74, 6) is -0.735. The number of esters is 1. The van der Waals surface area contributed by atoms with Crippen LogP contribution < -0.4 is 4.72 Å². The minimum atomic E-state index is -3.95. The standard InChI is InChI=1S/C15H12N2O4S/c1-21-15(18)13-4-2-3-5-14(13)22(19,20)17-12-8-6-11(10-16)7-9-12/h2-9,17H,1H3. The highest BCUT2D eigenvalue weighted by molar-refractivity contribution is 7.92. The van der Waals surface area contributed by atoms with Crippen LogP contribution in [0.2, 0.25) is 0 Å². The van der Waals surface area contributed by atoms with Gasteiger partial charge in [0.25, 0.3) is 10.0 Å². The fourth-order valence-corrected chi connectivity index (χ4v) is 3.06. The zero-order valence-electron chi connectivity index (χ0n) is 11.6. The third kappa shape index (κ3) is 3.24. The third-order valence-electron chi connectivity index (χ3n) is 2.85. The Bertz CT molecular complexity index is 837. The second-order valence-corrected chi connectivity index (χ2v) is 5.93. The number of benzene rings is 2. The highest BCUT2D eigenvalue weighted by Crippen LogP contribution is 2.20. The molecular formula is C15H12N2O4S. The maximum absolute atomic E-state index is 12.4. The molecule has 22 heavy (non-hydrogen) atoms. The number of carbonyl (C=O) groups excluding carboxylic acids is 1. The van der Waals surface area contributed by atoms with Gasteiger partial charge >= 0.3 is 5.97 Å². The van der Waals surface area contributed by atoms with Crippen molar-refractivity contribution in [1.29, 1.82) is 5.26 Å². The van der Waals surface area contributed by atoms with E-state index in [1.807, 2.05) is 6.07 Å². The van der Waals surface area contributed by atoms with Crippen LogP contribution in [0.3, 0.4) is 0 Å². The normalized spacial score (nSPS) is 10.5. The molecule has 0 aliphatic rings. The van der Waals surface area contributed by atoms with E-state index in [2.05, 4.69) is 9.46 Å². The number of rotatable bonds is 4. The first-order valence-electron chi connectivity index (χ1n) is 6.18. The Kier molecular flexibility index (Phi) is 4.44. The van der Waals surface area contributed by atoms with Gasteiger partial charge in [-0.15, -0.1) is 0 Å². The minimum Gasteiger partial charge on any atom is -0.465 e. The van der Waals surface area contributed by atoms with Crippen LogP contribution in [-0.4, -0.2) is 21.5 Å². The van der Waals surface area contributed by atoms with E-state index in [1.165, 1.54) is 49.6 Å². The first-order chi connectivity index (χ1) is 10.5. The number of hydrogen-bond acceptors (Lipinski definition) is 5. The second kappa shape index (κ2) is 6.28. The Hall–Kier alpha value is -2.85. The number of nitriles is 1. The van der Waals surface area contributed by atoms with E-state index in [-0.39, 0.29) is 10.5 Å². The number of carbonyl (C=O) groups is 1. The highest BCUT2D eigenvalue weighted by Gasteiger charge is 2.22. The van der Waals surface area contributed by atoms with Gasteiger partial charge in [-0.05, 0) is 36.4 Å². The summed E-state index contributed by atoms with van der Waals surface area (Å²) in [6, 6.07) is 13.6. The van der Waals surface area contributed by atoms with Crippen LogP contribution in [0.1, 0.15) is 15.9 Å². The molecule has 0 radical (unpaired) electrons. The van der Waals surface area contributed by atoms with Crippen LogP contribution in [0.5, 0.6) is 0 Å². The van der Waals surface area contributed by atoms with Gasteiger partial charge in [0.15, 0.2) is 0 Å². The summed E-state index contributed by atoms with van der Waals surface area (Å²) >= 11 is 0. The van der Waals surface area contributed by atoms with Crippen molar-refractivity contribution in [2.24, 2.45) is 0 Å². The Morgan fingerprint density at radius 3 is 2.36 bits per heavy atom. The molecule has 0 heterocycles. The Morgan fingerprint density at radius 1 is 1.14 bits per heavy atom. The molecule has 6 nitrogen and oxygen atoms in total. The van der Waals surface area contributed by atoms with Gasteiger partial charge < -0.3 is 4.74 Å². The van der Waals surface area contributed by atoms with Gasteiger partial charge in [-0.25, -0.2) is 13.2 Å². The van der Waals surface area contributed by atoms with Crippen molar-refractivity contribution in [3.63, 3.8) is 0 Å². The van der Waals surface area contributed by atoms with Gasteiger partial charge in [0.1, 0.15) is 4.90 Å². The summed E-state index contributed by atoms with van der Waals surface area (Å²) in [5, 5.41) is 8.72. The number of anilines is 1. The van der Waals surface area contributed by atoms with Gasteiger partial charge in [0.05, 0.1) is 24.3 Å². The smallest absolute Gasteiger partial charge is 0.339 e. The van der Waals surface area contributed by atoms with Crippen LogP contribution >= 0.6 is 0 Å². The minimum absolute atomic E-state index is 0.0499. The molecule has 0 saturated carbocycles. The molecule has 0 amide bonds. The zero-order valence-corrected chi connectivity index (χ0v) is 12.4. The predicted molar refractivity (Wildman–Crippen MR) is 79.7 cm³/mol. The summed E-state index contributed by atoms with van der Waals surface area (Å²) in [7, 11) is -2.77. The molecule has 2 aromatic rings. The predicted octanol–water partition coefficient (Wildman–Crippen LogP) is 2.15. The molecule has 0 atom stereocenters. The third-order valence-corrected chi connectivity index (χ3v) is 4.29. The molecule has 0 fully saturated rings. The summed E-state index contributed by atoms with van der Waals surface area (Å²) in [4.78, 5) is 11.5. The summed E-state index contributed by atoms with van der Waals surface area (Å²) in [5.41, 5.74) is 0.655. The average Bonchev–Trinajstić information content (AvgIpc) is 2.54. The van der Waals surface area contributed by atoms with Gasteiger partial charge in [-0.1, -0.05) is 12.1 Å². The number of methoxy groups -OCH3 is 1. The molecule has 7 heteroatoms. The lowest BCUT2D eigenvalue weighted by molar-refractivity contribution is 0.0596. The number of sulfonamides is 1. The molecule has 2 aromatic carbocycles. The van der Waals surface area contributed by atoms with Gasteiger partial charge in [-0.2, -0.15) is 5.26 Å². The molecule has 0 aromatic heterocycles. The number of ether oxygens (including phenoxy) is 1. The molecule has 0 aliphatic carbocycles. The Balaban J connectivity index is 2.38. The molecule has 0 spiro atoms. The van der Waals surface area contributed by atoms with Crippen molar-refractivity contribution in [2.75, 3.05) is 11.8 Å². The molecular weight excluding hydrogens is 304 g/mol. The van der Waals surface area contributed by atoms with Crippen LogP contribution in [0.25, 0.3) is 0 Å². The lowest BCUT2D eigenvalue weighted by Crippen LogP contribution is -2.17. The van der Waals surface area contributed by atoms with Crippen molar-refractivity contribution in [1.82, 2.24) is 0 Å². The molecule has 2 rings (SSSR count). The zero-order chi connectivity index (χ0) is 16.2. The van der Waals surface area contributed by atoms with Crippen molar-refractivity contribution >= 4 is 21.7 Å². The van der Waals surface area contributed by atoms with Crippen LogP contribution in [0, 0.1) is 11.3 Å². The summed E-state index contributed by atoms with van der Waals surface area (Å²) < 4.78 is 31.8. The molecule has 112 valence electrons. The molecule has 0 bridgehead atoms.